The van der Waals surface area contributed by atoms with Crippen LogP contribution >= 0.6 is 0 Å². The summed E-state index contributed by atoms with van der Waals surface area (Å²) in [6.07, 6.45) is -0.431. The Morgan fingerprint density at radius 3 is 2.57 bits per heavy atom. The highest BCUT2D eigenvalue weighted by molar-refractivity contribution is 5.86. The highest BCUT2D eigenvalue weighted by Crippen LogP contribution is 2.25. The van der Waals surface area contributed by atoms with Gasteiger partial charge in [0.15, 0.2) is 0 Å². The average molecular weight is 292 g/mol. The molecule has 0 atom stereocenters. The van der Waals surface area contributed by atoms with E-state index in [4.69, 9.17) is 9.47 Å². The van der Waals surface area contributed by atoms with Crippen LogP contribution in [-0.4, -0.2) is 38.0 Å². The van der Waals surface area contributed by atoms with Crippen LogP contribution < -0.4 is 10.2 Å². The number of ether oxygens (including phenoxy) is 2. The molecule has 0 unspecified atom stereocenters. The quantitative estimate of drug-likeness (QED) is 0.909. The zero-order valence-electron chi connectivity index (χ0n) is 13.2. The Morgan fingerprint density at radius 2 is 1.95 bits per heavy atom. The van der Waals surface area contributed by atoms with Gasteiger partial charge in [-0.15, -0.1) is 0 Å². The smallest absolute Gasteiger partial charge is 0.412 e. The van der Waals surface area contributed by atoms with E-state index < -0.39 is 11.7 Å². The first-order valence-electron chi connectivity index (χ1n) is 7.28. The number of rotatable bonds is 2. The molecule has 0 aliphatic carbocycles. The van der Waals surface area contributed by atoms with E-state index in [0.29, 0.717) is 0 Å². The van der Waals surface area contributed by atoms with Crippen LogP contribution in [0.15, 0.2) is 18.2 Å². The number of morpholine rings is 1. The van der Waals surface area contributed by atoms with Gasteiger partial charge in [0.2, 0.25) is 0 Å². The van der Waals surface area contributed by atoms with E-state index in [2.05, 4.69) is 17.1 Å². The third-order valence-corrected chi connectivity index (χ3v) is 3.21. The third-order valence-electron chi connectivity index (χ3n) is 3.21. The number of amides is 1. The minimum atomic E-state index is -0.498. The molecule has 1 aliphatic heterocycles. The molecule has 1 fully saturated rings. The summed E-state index contributed by atoms with van der Waals surface area (Å²) >= 11 is 0. The first-order chi connectivity index (χ1) is 9.85. The lowest BCUT2D eigenvalue weighted by atomic mass is 10.1. The van der Waals surface area contributed by atoms with Crippen molar-refractivity contribution in [1.82, 2.24) is 0 Å². The Kier molecular flexibility index (Phi) is 4.73. The van der Waals surface area contributed by atoms with Crippen LogP contribution in [0.25, 0.3) is 0 Å². The summed E-state index contributed by atoms with van der Waals surface area (Å²) in [5.74, 6) is 0. The van der Waals surface area contributed by atoms with E-state index in [0.717, 1.165) is 37.7 Å². The molecule has 0 radical (unpaired) electrons. The second-order valence-electron chi connectivity index (χ2n) is 6.23. The maximum atomic E-state index is 11.8. The second kappa shape index (κ2) is 6.35. The lowest BCUT2D eigenvalue weighted by molar-refractivity contribution is 0.0636. The van der Waals surface area contributed by atoms with Gasteiger partial charge in [-0.25, -0.2) is 4.79 Å². The number of anilines is 2. The predicted octanol–water partition coefficient (Wildman–Crippen LogP) is 3.18. The predicted molar refractivity (Wildman–Crippen MR) is 84.1 cm³/mol. The van der Waals surface area contributed by atoms with Crippen LogP contribution in [0.4, 0.5) is 16.2 Å². The van der Waals surface area contributed by atoms with Gasteiger partial charge in [0, 0.05) is 24.5 Å². The maximum Gasteiger partial charge on any atom is 0.412 e. The normalized spacial score (nSPS) is 15.7. The lowest BCUT2D eigenvalue weighted by Crippen LogP contribution is -2.36. The van der Waals surface area contributed by atoms with Crippen LogP contribution in [-0.2, 0) is 9.47 Å². The Hall–Kier alpha value is -1.75. The average Bonchev–Trinajstić information content (AvgIpc) is 2.40. The SMILES string of the molecule is Cc1ccc(NC(=O)OC(C)(C)C)cc1N1CCOCC1. The van der Waals surface area contributed by atoms with Gasteiger partial charge in [-0.05, 0) is 45.4 Å². The molecule has 1 aromatic rings. The maximum absolute atomic E-state index is 11.8. The van der Waals surface area contributed by atoms with Gasteiger partial charge >= 0.3 is 6.09 Å². The number of hydrogen-bond acceptors (Lipinski definition) is 4. The van der Waals surface area contributed by atoms with Gasteiger partial charge in [-0.2, -0.15) is 0 Å². The molecule has 2 rings (SSSR count). The summed E-state index contributed by atoms with van der Waals surface area (Å²) in [7, 11) is 0. The molecule has 1 saturated heterocycles. The summed E-state index contributed by atoms with van der Waals surface area (Å²) in [5.41, 5.74) is 2.57. The van der Waals surface area contributed by atoms with Crippen LogP contribution in [0.2, 0.25) is 0 Å². The van der Waals surface area contributed by atoms with Gasteiger partial charge in [-0.3, -0.25) is 5.32 Å². The number of nitrogens with one attached hydrogen (secondary N) is 1. The van der Waals surface area contributed by atoms with Crippen molar-refractivity contribution in [3.8, 4) is 0 Å². The zero-order chi connectivity index (χ0) is 15.5. The Morgan fingerprint density at radius 1 is 1.29 bits per heavy atom. The molecule has 0 saturated carbocycles. The van der Waals surface area contributed by atoms with Gasteiger partial charge in [0.05, 0.1) is 13.2 Å². The van der Waals surface area contributed by atoms with Gasteiger partial charge in [0.1, 0.15) is 5.60 Å². The number of carbonyl (C=O) groups excluding carboxylic acids is 1. The minimum absolute atomic E-state index is 0.431. The van der Waals surface area contributed by atoms with Crippen molar-refractivity contribution in [2.45, 2.75) is 33.3 Å². The summed E-state index contributed by atoms with van der Waals surface area (Å²) in [6, 6.07) is 5.89. The molecule has 1 heterocycles. The number of carbonyl (C=O) groups is 1. The van der Waals surface area contributed by atoms with E-state index in [1.807, 2.05) is 39.0 Å². The van der Waals surface area contributed by atoms with Crippen LogP contribution in [0.1, 0.15) is 26.3 Å². The van der Waals surface area contributed by atoms with E-state index >= 15 is 0 Å². The fraction of sp³-hybridized carbons (Fsp3) is 0.562. The first-order valence-corrected chi connectivity index (χ1v) is 7.28. The third kappa shape index (κ3) is 4.63. The summed E-state index contributed by atoms with van der Waals surface area (Å²) in [5, 5.41) is 2.79. The molecule has 1 N–H and O–H groups in total. The van der Waals surface area contributed by atoms with Gasteiger partial charge < -0.3 is 14.4 Å². The van der Waals surface area contributed by atoms with Gasteiger partial charge in [-0.1, -0.05) is 6.07 Å². The van der Waals surface area contributed by atoms with Crippen molar-refractivity contribution < 1.29 is 14.3 Å². The van der Waals surface area contributed by atoms with Crippen LogP contribution in [0.5, 0.6) is 0 Å². The molecular weight excluding hydrogens is 268 g/mol. The molecule has 1 aromatic carbocycles. The van der Waals surface area contributed by atoms with E-state index in [1.54, 1.807) is 0 Å². The molecule has 1 aliphatic rings. The van der Waals surface area contributed by atoms with E-state index in [9.17, 15) is 4.79 Å². The molecule has 0 bridgehead atoms. The number of nitrogens with zero attached hydrogens (tertiary/aromatic N) is 1. The van der Waals surface area contributed by atoms with Crippen molar-refractivity contribution in [2.24, 2.45) is 0 Å². The summed E-state index contributed by atoms with van der Waals surface area (Å²) in [6.45, 7) is 10.8. The Labute approximate surface area is 126 Å². The minimum Gasteiger partial charge on any atom is -0.444 e. The first kappa shape index (κ1) is 15.6. The molecule has 5 nitrogen and oxygen atoms in total. The number of aryl methyl sites for hydroxylation is 1. The second-order valence-corrected chi connectivity index (χ2v) is 6.23. The van der Waals surface area contributed by atoms with Crippen molar-refractivity contribution in [2.75, 3.05) is 36.5 Å². The molecule has 21 heavy (non-hydrogen) atoms. The van der Waals surface area contributed by atoms with E-state index in [1.165, 1.54) is 5.56 Å². The number of benzene rings is 1. The van der Waals surface area contributed by atoms with Crippen LogP contribution in [0.3, 0.4) is 0 Å². The molecule has 0 spiro atoms. The standard InChI is InChI=1S/C16H24N2O3/c1-12-5-6-13(17-15(19)21-16(2,3)4)11-14(12)18-7-9-20-10-8-18/h5-6,11H,7-10H2,1-4H3,(H,17,19). The molecule has 0 aromatic heterocycles. The Balaban J connectivity index is 2.09. The molecular formula is C16H24N2O3. The highest BCUT2D eigenvalue weighted by Gasteiger charge is 2.18. The highest BCUT2D eigenvalue weighted by atomic mass is 16.6. The van der Waals surface area contributed by atoms with Gasteiger partial charge in [0.25, 0.3) is 0 Å². The van der Waals surface area contributed by atoms with Crippen LogP contribution in [0, 0.1) is 6.92 Å². The fourth-order valence-corrected chi connectivity index (χ4v) is 2.25. The molecule has 5 heteroatoms. The monoisotopic (exact) mass is 292 g/mol. The Bertz CT molecular complexity index is 503. The molecule has 116 valence electrons. The summed E-state index contributed by atoms with van der Waals surface area (Å²) in [4.78, 5) is 14.1. The van der Waals surface area contributed by atoms with Crippen molar-refractivity contribution in [3.05, 3.63) is 23.8 Å². The topological polar surface area (TPSA) is 50.8 Å². The zero-order valence-corrected chi connectivity index (χ0v) is 13.2. The summed E-state index contributed by atoms with van der Waals surface area (Å²) < 4.78 is 10.7. The lowest BCUT2D eigenvalue weighted by Gasteiger charge is -2.30. The van der Waals surface area contributed by atoms with Crippen molar-refractivity contribution in [1.29, 1.82) is 0 Å². The van der Waals surface area contributed by atoms with Crippen molar-refractivity contribution in [3.63, 3.8) is 0 Å². The number of hydrogen-bond donors (Lipinski definition) is 1. The largest absolute Gasteiger partial charge is 0.444 e. The fourth-order valence-electron chi connectivity index (χ4n) is 2.25. The van der Waals surface area contributed by atoms with E-state index in [-0.39, 0.29) is 0 Å². The molecule has 1 amide bonds. The van der Waals surface area contributed by atoms with Crippen molar-refractivity contribution >= 4 is 17.5 Å².